The van der Waals surface area contributed by atoms with E-state index in [2.05, 4.69) is 4.90 Å². The molecule has 0 heterocycles. The van der Waals surface area contributed by atoms with Gasteiger partial charge in [-0.05, 0) is 66.4 Å². The fourth-order valence-electron chi connectivity index (χ4n) is 5.62. The van der Waals surface area contributed by atoms with Gasteiger partial charge in [-0.3, -0.25) is 14.7 Å². The Bertz CT molecular complexity index is 1520. The van der Waals surface area contributed by atoms with Gasteiger partial charge < -0.3 is 24.4 Å². The molecule has 0 aliphatic rings. The van der Waals surface area contributed by atoms with Crippen molar-refractivity contribution in [3.63, 3.8) is 0 Å². The highest BCUT2D eigenvalue weighted by Gasteiger charge is 2.36. The quantitative estimate of drug-likeness (QED) is 0.169. The Morgan fingerprint density at radius 1 is 0.729 bits per heavy atom. The molecule has 4 rings (SSSR count). The van der Waals surface area contributed by atoms with Gasteiger partial charge in [0, 0.05) is 44.6 Å². The number of benzene rings is 4. The van der Waals surface area contributed by atoms with Crippen LogP contribution in [0.1, 0.15) is 30.0 Å². The number of carbonyl (C=O) groups excluding carboxylic acids is 2. The summed E-state index contributed by atoms with van der Waals surface area (Å²) in [4.78, 5) is 29.2. The second kappa shape index (κ2) is 16.8. The van der Waals surface area contributed by atoms with Crippen LogP contribution in [0.25, 0.3) is 0 Å². The van der Waals surface area contributed by atoms with Gasteiger partial charge >= 0.3 is 12.2 Å². The normalized spacial score (nSPS) is 12.6. The summed E-state index contributed by atoms with van der Waals surface area (Å²) in [7, 11) is 5.86. The Morgan fingerprint density at radius 2 is 1.19 bits per heavy atom. The SMILES string of the molecule is COC(=O)N(C)c1ccc(C(O)(CC(C)N(Cc2ccccc2)C[C@H](O)COc2ccccc2)c2ccc(N(C)C(=O)OC)cc2)cc1. The molecular weight excluding hydrogens is 610 g/mol. The average molecular weight is 656 g/mol. The van der Waals surface area contributed by atoms with Crippen molar-refractivity contribution in [3.05, 3.63) is 126 Å². The van der Waals surface area contributed by atoms with E-state index in [4.69, 9.17) is 14.2 Å². The average Bonchev–Trinajstić information content (AvgIpc) is 3.13. The maximum atomic E-state index is 12.7. The summed E-state index contributed by atoms with van der Waals surface area (Å²) in [5, 5.41) is 23.8. The van der Waals surface area contributed by atoms with Gasteiger partial charge in [-0.25, -0.2) is 9.59 Å². The first kappa shape index (κ1) is 35.9. The Balaban J connectivity index is 1.66. The Labute approximate surface area is 282 Å². The van der Waals surface area contributed by atoms with Crippen LogP contribution in [-0.2, 0) is 21.6 Å². The number of amides is 2. The topological polar surface area (TPSA) is 112 Å². The van der Waals surface area contributed by atoms with Gasteiger partial charge in [-0.15, -0.1) is 0 Å². The molecule has 0 aliphatic heterocycles. The number of nitrogens with zero attached hydrogens (tertiary/aromatic N) is 3. The molecular formula is C38H45N3O7. The van der Waals surface area contributed by atoms with E-state index in [0.717, 1.165) is 5.56 Å². The molecule has 0 aromatic heterocycles. The molecule has 0 saturated heterocycles. The van der Waals surface area contributed by atoms with E-state index >= 15 is 0 Å². The molecule has 2 N–H and O–H groups in total. The van der Waals surface area contributed by atoms with E-state index in [1.165, 1.54) is 24.0 Å². The number of carbonyl (C=O) groups is 2. The van der Waals surface area contributed by atoms with Crippen LogP contribution in [0.15, 0.2) is 109 Å². The lowest BCUT2D eigenvalue weighted by Crippen LogP contribution is -2.44. The van der Waals surface area contributed by atoms with Gasteiger partial charge in [0.25, 0.3) is 0 Å². The molecule has 48 heavy (non-hydrogen) atoms. The maximum Gasteiger partial charge on any atom is 0.413 e. The van der Waals surface area contributed by atoms with Gasteiger partial charge in [0.05, 0.1) is 14.2 Å². The number of para-hydroxylation sites is 1. The van der Waals surface area contributed by atoms with E-state index in [0.29, 0.717) is 41.3 Å². The third-order valence-corrected chi connectivity index (χ3v) is 8.43. The highest BCUT2D eigenvalue weighted by atomic mass is 16.5. The number of rotatable bonds is 14. The largest absolute Gasteiger partial charge is 0.491 e. The minimum Gasteiger partial charge on any atom is -0.491 e. The molecule has 0 fully saturated rings. The fourth-order valence-corrected chi connectivity index (χ4v) is 5.62. The Hall–Kier alpha value is -4.90. The number of hydrogen-bond donors (Lipinski definition) is 2. The van der Waals surface area contributed by atoms with Crippen LogP contribution in [0.4, 0.5) is 21.0 Å². The first-order valence-electron chi connectivity index (χ1n) is 15.8. The van der Waals surface area contributed by atoms with E-state index in [-0.39, 0.29) is 19.1 Å². The molecule has 2 amide bonds. The molecule has 10 heteroatoms. The summed E-state index contributed by atoms with van der Waals surface area (Å²) in [5.74, 6) is 0.677. The molecule has 0 spiro atoms. The van der Waals surface area contributed by atoms with Gasteiger partial charge in [-0.1, -0.05) is 72.8 Å². The van der Waals surface area contributed by atoms with Crippen molar-refractivity contribution in [1.29, 1.82) is 0 Å². The molecule has 0 aliphatic carbocycles. The monoisotopic (exact) mass is 655 g/mol. The number of methoxy groups -OCH3 is 2. The van der Waals surface area contributed by atoms with Gasteiger partial charge in [0.2, 0.25) is 0 Å². The lowest BCUT2D eigenvalue weighted by atomic mass is 9.81. The zero-order valence-corrected chi connectivity index (χ0v) is 28.2. The lowest BCUT2D eigenvalue weighted by Gasteiger charge is -2.38. The standard InChI is InChI=1S/C38H45N3O7/c1-28(41(25-29-12-8-6-9-13-29)26-34(42)27-48-35-14-10-7-11-15-35)24-38(45,30-16-20-32(21-17-30)39(2)36(43)46-4)31-18-22-33(23-19-31)40(3)37(44)47-5/h6-23,28,34,42,45H,24-27H2,1-5H3/t28?,34-/m0/s1. The third-order valence-electron chi connectivity index (χ3n) is 8.43. The smallest absolute Gasteiger partial charge is 0.413 e. The number of anilines is 2. The van der Waals surface area contributed by atoms with Crippen LogP contribution >= 0.6 is 0 Å². The fraction of sp³-hybridized carbons (Fsp3) is 0.316. The molecule has 4 aromatic rings. The van der Waals surface area contributed by atoms with Crippen molar-refractivity contribution in [2.45, 2.75) is 37.6 Å². The lowest BCUT2D eigenvalue weighted by molar-refractivity contribution is 0.0107. The number of ether oxygens (including phenoxy) is 3. The van der Waals surface area contributed by atoms with Crippen molar-refractivity contribution in [1.82, 2.24) is 4.90 Å². The van der Waals surface area contributed by atoms with Crippen LogP contribution in [0, 0.1) is 0 Å². The van der Waals surface area contributed by atoms with Crippen molar-refractivity contribution >= 4 is 23.6 Å². The number of aliphatic hydroxyl groups is 2. The zero-order valence-electron chi connectivity index (χ0n) is 28.2. The van der Waals surface area contributed by atoms with Gasteiger partial charge in [-0.2, -0.15) is 0 Å². The summed E-state index contributed by atoms with van der Waals surface area (Å²) in [6, 6.07) is 33.3. The molecule has 0 bridgehead atoms. The summed E-state index contributed by atoms with van der Waals surface area (Å²) in [6.07, 6.45) is -1.57. The van der Waals surface area contributed by atoms with Crippen molar-refractivity contribution in [2.24, 2.45) is 0 Å². The van der Waals surface area contributed by atoms with Crippen LogP contribution in [0.2, 0.25) is 0 Å². The summed E-state index contributed by atoms with van der Waals surface area (Å²) >= 11 is 0. The van der Waals surface area contributed by atoms with Crippen molar-refractivity contribution in [2.75, 3.05) is 51.3 Å². The molecule has 1 unspecified atom stereocenters. The zero-order chi connectivity index (χ0) is 34.7. The molecule has 0 radical (unpaired) electrons. The van der Waals surface area contributed by atoms with Crippen LogP contribution < -0.4 is 14.5 Å². The summed E-state index contributed by atoms with van der Waals surface area (Å²) in [5.41, 5.74) is 1.99. The number of hydrogen-bond acceptors (Lipinski definition) is 8. The van der Waals surface area contributed by atoms with Crippen LogP contribution in [0.5, 0.6) is 5.75 Å². The molecule has 0 saturated carbocycles. The second-order valence-corrected chi connectivity index (χ2v) is 11.8. The first-order chi connectivity index (χ1) is 23.0. The van der Waals surface area contributed by atoms with E-state index in [9.17, 15) is 19.8 Å². The van der Waals surface area contributed by atoms with E-state index in [1.807, 2.05) is 67.6 Å². The Kier molecular flexibility index (Phi) is 12.6. The molecule has 10 nitrogen and oxygen atoms in total. The highest BCUT2D eigenvalue weighted by Crippen LogP contribution is 2.37. The minimum absolute atomic E-state index is 0.108. The van der Waals surface area contributed by atoms with E-state index in [1.54, 1.807) is 62.6 Å². The molecule has 254 valence electrons. The summed E-state index contributed by atoms with van der Waals surface area (Å²) < 4.78 is 15.6. The Morgan fingerprint density at radius 3 is 1.65 bits per heavy atom. The molecule has 4 aromatic carbocycles. The predicted octanol–water partition coefficient (Wildman–Crippen LogP) is 6.05. The number of aliphatic hydroxyl groups excluding tert-OH is 1. The predicted molar refractivity (Wildman–Crippen MR) is 186 cm³/mol. The minimum atomic E-state index is -1.50. The van der Waals surface area contributed by atoms with Crippen LogP contribution in [-0.4, -0.2) is 80.9 Å². The van der Waals surface area contributed by atoms with E-state index < -0.39 is 23.9 Å². The third kappa shape index (κ3) is 9.13. The van der Waals surface area contributed by atoms with Crippen molar-refractivity contribution in [3.8, 4) is 5.75 Å². The molecule has 2 atom stereocenters. The van der Waals surface area contributed by atoms with Crippen molar-refractivity contribution < 1.29 is 34.0 Å². The van der Waals surface area contributed by atoms with Crippen LogP contribution in [0.3, 0.4) is 0 Å². The van der Waals surface area contributed by atoms with Gasteiger partial charge in [0.1, 0.15) is 24.1 Å². The highest BCUT2D eigenvalue weighted by molar-refractivity contribution is 5.87. The first-order valence-corrected chi connectivity index (χ1v) is 15.8. The van der Waals surface area contributed by atoms with Gasteiger partial charge in [0.15, 0.2) is 0 Å². The maximum absolute atomic E-state index is 12.7. The summed E-state index contributed by atoms with van der Waals surface area (Å²) in [6.45, 7) is 2.96. The second-order valence-electron chi connectivity index (χ2n) is 11.8.